The largest absolute Gasteiger partial charge is 0.452 e. The zero-order valence-corrected chi connectivity index (χ0v) is 20.5. The SMILES string of the molecule is CC1(C)CC2CC(C)(CN2C(=O)COC(=O)c2ccc(Cl)c(S(=O)(=O)N3CCCC3)c2)C1. The molecule has 176 valence electrons. The van der Waals surface area contributed by atoms with Crippen LogP contribution in [0.5, 0.6) is 0 Å². The van der Waals surface area contributed by atoms with Crippen molar-refractivity contribution in [2.24, 2.45) is 10.8 Å². The normalized spacial score (nSPS) is 27.5. The molecule has 2 atom stereocenters. The van der Waals surface area contributed by atoms with Crippen molar-refractivity contribution in [3.63, 3.8) is 0 Å². The van der Waals surface area contributed by atoms with Gasteiger partial charge in [0.1, 0.15) is 4.90 Å². The molecule has 4 rings (SSSR count). The maximum atomic E-state index is 12.9. The number of rotatable bonds is 5. The molecular formula is C23H31ClN2O5S. The Morgan fingerprint density at radius 3 is 2.53 bits per heavy atom. The van der Waals surface area contributed by atoms with E-state index in [1.54, 1.807) is 0 Å². The molecule has 1 aromatic rings. The number of fused-ring (bicyclic) bond motifs is 2. The van der Waals surface area contributed by atoms with Crippen LogP contribution in [0.3, 0.4) is 0 Å². The first-order valence-electron chi connectivity index (χ1n) is 11.2. The van der Waals surface area contributed by atoms with E-state index in [-0.39, 0.29) is 44.9 Å². The van der Waals surface area contributed by atoms with E-state index in [2.05, 4.69) is 20.8 Å². The summed E-state index contributed by atoms with van der Waals surface area (Å²) in [5.74, 6) is -0.940. The lowest BCUT2D eigenvalue weighted by molar-refractivity contribution is -0.135. The van der Waals surface area contributed by atoms with Crippen LogP contribution < -0.4 is 0 Å². The Bertz CT molecular complexity index is 1030. The summed E-state index contributed by atoms with van der Waals surface area (Å²) < 4.78 is 32.4. The minimum Gasteiger partial charge on any atom is -0.452 e. The van der Waals surface area contributed by atoms with E-state index < -0.39 is 16.0 Å². The number of amides is 1. The summed E-state index contributed by atoms with van der Waals surface area (Å²) in [7, 11) is -3.78. The van der Waals surface area contributed by atoms with Crippen LogP contribution in [0.4, 0.5) is 0 Å². The number of halogens is 1. The third-order valence-corrected chi connectivity index (χ3v) is 9.29. The second-order valence-electron chi connectivity index (χ2n) is 10.6. The van der Waals surface area contributed by atoms with Crippen molar-refractivity contribution in [3.05, 3.63) is 28.8 Å². The quantitative estimate of drug-likeness (QED) is 0.597. The van der Waals surface area contributed by atoms with E-state index in [0.29, 0.717) is 19.6 Å². The fourth-order valence-electron chi connectivity index (χ4n) is 5.94. The third kappa shape index (κ3) is 4.54. The van der Waals surface area contributed by atoms with E-state index in [1.807, 2.05) is 4.90 Å². The predicted molar refractivity (Wildman–Crippen MR) is 121 cm³/mol. The van der Waals surface area contributed by atoms with Crippen LogP contribution in [0.1, 0.15) is 63.2 Å². The number of sulfonamides is 1. The molecule has 0 radical (unpaired) electrons. The number of carbonyl (C=O) groups is 2. The molecule has 0 N–H and O–H groups in total. The summed E-state index contributed by atoms with van der Waals surface area (Å²) in [6.45, 7) is 7.89. The molecule has 2 unspecified atom stereocenters. The fourth-order valence-corrected chi connectivity index (χ4v) is 7.96. The molecule has 0 aromatic heterocycles. The van der Waals surface area contributed by atoms with E-state index in [4.69, 9.17) is 16.3 Å². The minimum absolute atomic E-state index is 0.0599. The minimum atomic E-state index is -3.78. The van der Waals surface area contributed by atoms with E-state index in [9.17, 15) is 18.0 Å². The maximum Gasteiger partial charge on any atom is 0.338 e. The number of benzene rings is 1. The zero-order chi connectivity index (χ0) is 23.3. The molecule has 32 heavy (non-hydrogen) atoms. The second-order valence-corrected chi connectivity index (χ2v) is 12.9. The van der Waals surface area contributed by atoms with Gasteiger partial charge in [-0.25, -0.2) is 13.2 Å². The number of hydrogen-bond donors (Lipinski definition) is 0. The Hall–Kier alpha value is -1.64. The van der Waals surface area contributed by atoms with Crippen molar-refractivity contribution < 1.29 is 22.7 Å². The molecule has 9 heteroatoms. The van der Waals surface area contributed by atoms with Gasteiger partial charge in [-0.1, -0.05) is 32.4 Å². The summed E-state index contributed by atoms with van der Waals surface area (Å²) >= 11 is 6.15. The molecule has 2 heterocycles. The van der Waals surface area contributed by atoms with Gasteiger partial charge in [-0.15, -0.1) is 0 Å². The zero-order valence-electron chi connectivity index (χ0n) is 18.9. The molecule has 7 nitrogen and oxygen atoms in total. The Morgan fingerprint density at radius 2 is 1.84 bits per heavy atom. The summed E-state index contributed by atoms with van der Waals surface area (Å²) in [6.07, 6.45) is 4.59. The highest BCUT2D eigenvalue weighted by atomic mass is 35.5. The van der Waals surface area contributed by atoms with Gasteiger partial charge >= 0.3 is 5.97 Å². The molecule has 2 aliphatic heterocycles. The average molecular weight is 483 g/mol. The molecular weight excluding hydrogens is 452 g/mol. The summed E-state index contributed by atoms with van der Waals surface area (Å²) in [5.41, 5.74) is 0.346. The van der Waals surface area contributed by atoms with Crippen molar-refractivity contribution in [3.8, 4) is 0 Å². The van der Waals surface area contributed by atoms with Crippen LogP contribution in [-0.2, 0) is 19.6 Å². The third-order valence-electron chi connectivity index (χ3n) is 6.91. The van der Waals surface area contributed by atoms with Gasteiger partial charge in [0.15, 0.2) is 6.61 Å². The van der Waals surface area contributed by atoms with Gasteiger partial charge in [0.25, 0.3) is 5.91 Å². The topological polar surface area (TPSA) is 84.0 Å². The van der Waals surface area contributed by atoms with Crippen LogP contribution in [-0.4, -0.2) is 61.8 Å². The number of nitrogens with zero attached hydrogens (tertiary/aromatic N) is 2. The fraction of sp³-hybridized carbons (Fsp3) is 0.652. The molecule has 3 fully saturated rings. The van der Waals surface area contributed by atoms with Crippen LogP contribution in [0.2, 0.25) is 5.02 Å². The Morgan fingerprint density at radius 1 is 1.16 bits per heavy atom. The lowest BCUT2D eigenvalue weighted by Crippen LogP contribution is -2.39. The van der Waals surface area contributed by atoms with E-state index in [0.717, 1.165) is 32.1 Å². The first-order chi connectivity index (χ1) is 14.9. The van der Waals surface area contributed by atoms with Gasteiger partial charge in [0, 0.05) is 25.7 Å². The lowest BCUT2D eigenvalue weighted by atomic mass is 9.65. The van der Waals surface area contributed by atoms with Crippen molar-refractivity contribution >= 4 is 33.5 Å². The summed E-state index contributed by atoms with van der Waals surface area (Å²) in [5, 5.41) is 0.0599. The smallest absolute Gasteiger partial charge is 0.338 e. The summed E-state index contributed by atoms with van der Waals surface area (Å²) in [4.78, 5) is 27.2. The molecule has 3 aliphatic rings. The van der Waals surface area contributed by atoms with Crippen molar-refractivity contribution in [2.75, 3.05) is 26.2 Å². The number of hydrogen-bond acceptors (Lipinski definition) is 5. The average Bonchev–Trinajstić information content (AvgIpc) is 3.32. The second kappa shape index (κ2) is 8.29. The lowest BCUT2D eigenvalue weighted by Gasteiger charge is -2.39. The van der Waals surface area contributed by atoms with Crippen LogP contribution >= 0.6 is 11.6 Å². The van der Waals surface area contributed by atoms with Gasteiger partial charge in [-0.05, 0) is 61.1 Å². The first-order valence-corrected chi connectivity index (χ1v) is 13.0. The number of likely N-dealkylation sites (tertiary alicyclic amines) is 1. The molecule has 1 saturated carbocycles. The van der Waals surface area contributed by atoms with Crippen molar-refractivity contribution in [2.45, 2.75) is 63.8 Å². The Labute approximate surface area is 195 Å². The molecule has 1 amide bonds. The summed E-state index contributed by atoms with van der Waals surface area (Å²) in [6, 6.07) is 4.22. The van der Waals surface area contributed by atoms with Crippen molar-refractivity contribution in [1.29, 1.82) is 0 Å². The highest BCUT2D eigenvalue weighted by Crippen LogP contribution is 2.52. The van der Waals surface area contributed by atoms with Crippen LogP contribution in [0, 0.1) is 10.8 Å². The van der Waals surface area contributed by atoms with Crippen LogP contribution in [0.25, 0.3) is 0 Å². The van der Waals surface area contributed by atoms with E-state index >= 15 is 0 Å². The molecule has 2 bridgehead atoms. The van der Waals surface area contributed by atoms with Crippen LogP contribution in [0.15, 0.2) is 23.1 Å². The maximum absolute atomic E-state index is 12.9. The highest BCUT2D eigenvalue weighted by Gasteiger charge is 2.51. The number of ether oxygens (including phenoxy) is 1. The monoisotopic (exact) mass is 482 g/mol. The highest BCUT2D eigenvalue weighted by molar-refractivity contribution is 7.89. The molecule has 2 saturated heterocycles. The molecule has 1 aliphatic carbocycles. The molecule has 0 spiro atoms. The van der Waals surface area contributed by atoms with Gasteiger partial charge < -0.3 is 9.64 Å². The van der Waals surface area contributed by atoms with E-state index in [1.165, 1.54) is 22.5 Å². The Kier molecular flexibility index (Phi) is 6.09. The first kappa shape index (κ1) is 23.5. The van der Waals surface area contributed by atoms with Gasteiger partial charge in [-0.2, -0.15) is 4.31 Å². The van der Waals surface area contributed by atoms with Gasteiger partial charge in [0.2, 0.25) is 10.0 Å². The van der Waals surface area contributed by atoms with Crippen molar-refractivity contribution in [1.82, 2.24) is 9.21 Å². The van der Waals surface area contributed by atoms with Gasteiger partial charge in [0.05, 0.1) is 10.6 Å². The standard InChI is InChI=1S/C23H31ClN2O5S/c1-22(2)11-17-12-23(3,14-22)15-26(17)20(27)13-31-21(28)16-6-7-18(24)19(10-16)32(29,30)25-8-4-5-9-25/h6-7,10,17H,4-5,8-9,11-15H2,1-3H3. The van der Waals surface area contributed by atoms with Gasteiger partial charge in [-0.3, -0.25) is 4.79 Å². The molecule has 1 aromatic carbocycles. The Balaban J connectivity index is 1.43. The predicted octanol–water partition coefficient (Wildman–Crippen LogP) is 3.71. The number of esters is 1. The number of carbonyl (C=O) groups excluding carboxylic acids is 2.